The Morgan fingerprint density at radius 3 is 2.87 bits per heavy atom. The first-order valence-electron chi connectivity index (χ1n) is 5.20. The predicted octanol–water partition coefficient (Wildman–Crippen LogP) is 1.65. The SMILES string of the molecule is CCCCN(CCN)c1ncncc1I. The molecule has 0 radical (unpaired) electrons. The van der Waals surface area contributed by atoms with Crippen molar-refractivity contribution in [3.8, 4) is 0 Å². The van der Waals surface area contributed by atoms with Crippen molar-refractivity contribution in [2.45, 2.75) is 19.8 Å². The number of halogens is 1. The van der Waals surface area contributed by atoms with Gasteiger partial charge in [0.2, 0.25) is 0 Å². The van der Waals surface area contributed by atoms with E-state index in [-0.39, 0.29) is 0 Å². The molecule has 0 unspecified atom stereocenters. The number of rotatable bonds is 6. The zero-order chi connectivity index (χ0) is 11.1. The van der Waals surface area contributed by atoms with Gasteiger partial charge in [0.1, 0.15) is 12.1 Å². The van der Waals surface area contributed by atoms with E-state index >= 15 is 0 Å². The minimum Gasteiger partial charge on any atom is -0.354 e. The van der Waals surface area contributed by atoms with E-state index in [0.29, 0.717) is 6.54 Å². The van der Waals surface area contributed by atoms with Crippen molar-refractivity contribution in [3.05, 3.63) is 16.1 Å². The van der Waals surface area contributed by atoms with Gasteiger partial charge in [0.25, 0.3) is 0 Å². The van der Waals surface area contributed by atoms with Gasteiger partial charge in [-0.25, -0.2) is 9.97 Å². The van der Waals surface area contributed by atoms with Crippen LogP contribution in [-0.4, -0.2) is 29.6 Å². The first-order chi connectivity index (χ1) is 7.29. The van der Waals surface area contributed by atoms with Crippen molar-refractivity contribution >= 4 is 28.4 Å². The molecule has 0 aromatic carbocycles. The van der Waals surface area contributed by atoms with E-state index in [0.717, 1.165) is 22.5 Å². The molecule has 2 N–H and O–H groups in total. The van der Waals surface area contributed by atoms with E-state index in [4.69, 9.17) is 5.73 Å². The topological polar surface area (TPSA) is 55.0 Å². The summed E-state index contributed by atoms with van der Waals surface area (Å²) in [6.07, 6.45) is 5.77. The van der Waals surface area contributed by atoms with Crippen LogP contribution in [0.15, 0.2) is 12.5 Å². The average Bonchev–Trinajstić information content (AvgIpc) is 2.25. The van der Waals surface area contributed by atoms with Crippen LogP contribution in [0.3, 0.4) is 0 Å². The minimum atomic E-state index is 0.657. The van der Waals surface area contributed by atoms with Gasteiger partial charge in [-0.2, -0.15) is 0 Å². The molecule has 1 rings (SSSR count). The van der Waals surface area contributed by atoms with Crippen LogP contribution in [0.5, 0.6) is 0 Å². The molecular formula is C10H17IN4. The largest absolute Gasteiger partial charge is 0.354 e. The Kier molecular flexibility index (Phi) is 5.85. The fourth-order valence-electron chi connectivity index (χ4n) is 1.37. The lowest BCUT2D eigenvalue weighted by molar-refractivity contribution is 0.705. The predicted molar refractivity (Wildman–Crippen MR) is 70.9 cm³/mol. The number of anilines is 1. The molecule has 0 aliphatic rings. The number of nitrogens with zero attached hydrogens (tertiary/aromatic N) is 3. The highest BCUT2D eigenvalue weighted by atomic mass is 127. The summed E-state index contributed by atoms with van der Waals surface area (Å²) >= 11 is 2.26. The van der Waals surface area contributed by atoms with Crippen molar-refractivity contribution in [1.82, 2.24) is 9.97 Å². The summed E-state index contributed by atoms with van der Waals surface area (Å²) in [5.74, 6) is 1.00. The second kappa shape index (κ2) is 6.95. The number of nitrogens with two attached hydrogens (primary N) is 1. The molecule has 0 bridgehead atoms. The highest BCUT2D eigenvalue weighted by Gasteiger charge is 2.09. The van der Waals surface area contributed by atoms with Crippen LogP contribution in [-0.2, 0) is 0 Å². The lowest BCUT2D eigenvalue weighted by Gasteiger charge is -2.23. The maximum atomic E-state index is 5.60. The van der Waals surface area contributed by atoms with Gasteiger partial charge in [-0.15, -0.1) is 0 Å². The summed E-state index contributed by atoms with van der Waals surface area (Å²) < 4.78 is 1.08. The molecule has 0 saturated carbocycles. The lowest BCUT2D eigenvalue weighted by Crippen LogP contribution is -2.31. The lowest BCUT2D eigenvalue weighted by atomic mass is 10.3. The number of aromatic nitrogens is 2. The Labute approximate surface area is 104 Å². The normalized spacial score (nSPS) is 10.3. The first-order valence-corrected chi connectivity index (χ1v) is 6.28. The second-order valence-corrected chi connectivity index (χ2v) is 4.49. The third kappa shape index (κ3) is 3.90. The van der Waals surface area contributed by atoms with Gasteiger partial charge in [-0.1, -0.05) is 13.3 Å². The van der Waals surface area contributed by atoms with E-state index in [2.05, 4.69) is 44.4 Å². The molecule has 5 heteroatoms. The Bertz CT molecular complexity index is 293. The van der Waals surface area contributed by atoms with Crippen molar-refractivity contribution in [2.75, 3.05) is 24.5 Å². The zero-order valence-electron chi connectivity index (χ0n) is 8.99. The Balaban J connectivity index is 2.74. The van der Waals surface area contributed by atoms with Crippen molar-refractivity contribution < 1.29 is 0 Å². The number of hydrogen-bond acceptors (Lipinski definition) is 4. The van der Waals surface area contributed by atoms with Gasteiger partial charge < -0.3 is 10.6 Å². The van der Waals surface area contributed by atoms with Crippen LogP contribution < -0.4 is 10.6 Å². The highest BCUT2D eigenvalue weighted by molar-refractivity contribution is 14.1. The van der Waals surface area contributed by atoms with E-state index in [1.165, 1.54) is 12.8 Å². The van der Waals surface area contributed by atoms with Gasteiger partial charge in [-0.3, -0.25) is 0 Å². The molecule has 0 atom stereocenters. The Morgan fingerprint density at radius 2 is 2.27 bits per heavy atom. The van der Waals surface area contributed by atoms with Gasteiger partial charge in [0.15, 0.2) is 0 Å². The molecule has 4 nitrogen and oxygen atoms in total. The molecule has 0 saturated heterocycles. The standard InChI is InChI=1S/C10H17IN4/c1-2-3-5-15(6-4-12)10-9(11)7-13-8-14-10/h7-8H,2-6,12H2,1H3. The van der Waals surface area contributed by atoms with Gasteiger partial charge in [-0.05, 0) is 29.0 Å². The van der Waals surface area contributed by atoms with Gasteiger partial charge in [0, 0.05) is 25.8 Å². The molecule has 84 valence electrons. The third-order valence-corrected chi connectivity index (χ3v) is 2.89. The van der Waals surface area contributed by atoms with Gasteiger partial charge in [0.05, 0.1) is 3.57 Å². The summed E-state index contributed by atoms with van der Waals surface area (Å²) in [4.78, 5) is 10.5. The van der Waals surface area contributed by atoms with Crippen LogP contribution in [0.1, 0.15) is 19.8 Å². The molecular weight excluding hydrogens is 303 g/mol. The van der Waals surface area contributed by atoms with Crippen LogP contribution in [0.25, 0.3) is 0 Å². The molecule has 15 heavy (non-hydrogen) atoms. The molecule has 0 amide bonds. The van der Waals surface area contributed by atoms with Crippen molar-refractivity contribution in [2.24, 2.45) is 5.73 Å². The maximum Gasteiger partial charge on any atom is 0.145 e. The summed E-state index contributed by atoms with van der Waals surface area (Å²) in [6, 6.07) is 0. The summed E-state index contributed by atoms with van der Waals surface area (Å²) in [6.45, 7) is 4.71. The number of hydrogen-bond donors (Lipinski definition) is 1. The van der Waals surface area contributed by atoms with E-state index in [9.17, 15) is 0 Å². The Hall–Kier alpha value is -0.430. The first kappa shape index (κ1) is 12.6. The molecule has 0 spiro atoms. The Morgan fingerprint density at radius 1 is 1.47 bits per heavy atom. The molecule has 0 aliphatic heterocycles. The smallest absolute Gasteiger partial charge is 0.145 e. The maximum absolute atomic E-state index is 5.60. The molecule has 0 aliphatic carbocycles. The fraction of sp³-hybridized carbons (Fsp3) is 0.600. The summed E-state index contributed by atoms with van der Waals surface area (Å²) in [5.41, 5.74) is 5.60. The third-order valence-electron chi connectivity index (χ3n) is 2.13. The highest BCUT2D eigenvalue weighted by Crippen LogP contribution is 2.18. The van der Waals surface area contributed by atoms with Crippen LogP contribution in [0.2, 0.25) is 0 Å². The number of unbranched alkanes of at least 4 members (excludes halogenated alkanes) is 1. The van der Waals surface area contributed by atoms with Crippen LogP contribution >= 0.6 is 22.6 Å². The molecule has 1 aromatic heterocycles. The second-order valence-electron chi connectivity index (χ2n) is 3.32. The minimum absolute atomic E-state index is 0.657. The average molecular weight is 320 g/mol. The van der Waals surface area contributed by atoms with Crippen molar-refractivity contribution in [3.63, 3.8) is 0 Å². The van der Waals surface area contributed by atoms with E-state index < -0.39 is 0 Å². The molecule has 0 fully saturated rings. The van der Waals surface area contributed by atoms with E-state index in [1.54, 1.807) is 6.33 Å². The fourth-order valence-corrected chi connectivity index (χ4v) is 2.01. The van der Waals surface area contributed by atoms with E-state index in [1.807, 2.05) is 6.20 Å². The van der Waals surface area contributed by atoms with Crippen molar-refractivity contribution in [1.29, 1.82) is 0 Å². The summed E-state index contributed by atoms with van der Waals surface area (Å²) in [7, 11) is 0. The summed E-state index contributed by atoms with van der Waals surface area (Å²) in [5, 5.41) is 0. The quantitative estimate of drug-likeness (QED) is 0.810. The van der Waals surface area contributed by atoms with Crippen LogP contribution in [0.4, 0.5) is 5.82 Å². The van der Waals surface area contributed by atoms with Gasteiger partial charge >= 0.3 is 0 Å². The molecule has 1 heterocycles. The monoisotopic (exact) mass is 320 g/mol. The zero-order valence-corrected chi connectivity index (χ0v) is 11.1. The molecule has 1 aromatic rings. The van der Waals surface area contributed by atoms with Crippen LogP contribution in [0, 0.1) is 3.57 Å².